The number of aromatic nitrogens is 1. The summed E-state index contributed by atoms with van der Waals surface area (Å²) in [6.07, 6.45) is -6.46. The van der Waals surface area contributed by atoms with Gasteiger partial charge in [0.25, 0.3) is 0 Å². The number of benzene rings is 2. The molecule has 2 heterocycles. The number of aliphatic imine (C=N–C) groups is 1. The van der Waals surface area contributed by atoms with Crippen molar-refractivity contribution in [1.82, 2.24) is 9.88 Å². The highest BCUT2D eigenvalue weighted by molar-refractivity contribution is 5.87. The maximum Gasteiger partial charge on any atom is 0.419 e. The number of pyridine rings is 1. The van der Waals surface area contributed by atoms with Gasteiger partial charge >= 0.3 is 12.4 Å². The predicted molar refractivity (Wildman–Crippen MR) is 137 cm³/mol. The first-order valence-electron chi connectivity index (χ1n) is 11.7. The van der Waals surface area contributed by atoms with Crippen LogP contribution in [0.1, 0.15) is 11.1 Å². The summed E-state index contributed by atoms with van der Waals surface area (Å²) in [5, 5.41) is 0. The van der Waals surface area contributed by atoms with Crippen LogP contribution in [-0.4, -0.2) is 56.5 Å². The Bertz CT molecular complexity index is 1290. The summed E-state index contributed by atoms with van der Waals surface area (Å²) in [5.41, 5.74) is 6.21. The van der Waals surface area contributed by atoms with Crippen LogP contribution in [0.5, 0.6) is 0 Å². The monoisotopic (exact) mass is 536 g/mol. The lowest BCUT2D eigenvalue weighted by molar-refractivity contribution is -0.138. The lowest BCUT2D eigenvalue weighted by Crippen LogP contribution is -2.46. The fraction of sp³-hybridized carbons (Fsp3) is 0.308. The third-order valence-electron chi connectivity index (χ3n) is 6.25. The highest BCUT2D eigenvalue weighted by atomic mass is 19.4. The minimum Gasteiger partial charge on any atom is -0.396 e. The molecule has 1 aliphatic heterocycles. The SMILES string of the molecule is CN(C)c1ccc(-c2cc(C(F)(F)F)cc(N=CN3CCN(c4ncccc4C(F)(F)F)CC3)c2N)cc1. The number of nitrogens with zero attached hydrogens (tertiary/aromatic N) is 5. The summed E-state index contributed by atoms with van der Waals surface area (Å²) in [7, 11) is 3.71. The van der Waals surface area contributed by atoms with E-state index in [9.17, 15) is 26.3 Å². The van der Waals surface area contributed by atoms with E-state index in [1.54, 1.807) is 29.2 Å². The van der Waals surface area contributed by atoms with Crippen LogP contribution >= 0.6 is 0 Å². The molecule has 1 fully saturated rings. The smallest absolute Gasteiger partial charge is 0.396 e. The van der Waals surface area contributed by atoms with Gasteiger partial charge in [-0.25, -0.2) is 9.98 Å². The Morgan fingerprint density at radius 2 is 1.58 bits per heavy atom. The van der Waals surface area contributed by atoms with Gasteiger partial charge in [-0.05, 0) is 42.0 Å². The first-order chi connectivity index (χ1) is 17.8. The molecule has 1 saturated heterocycles. The maximum atomic E-state index is 13.7. The Labute approximate surface area is 216 Å². The summed E-state index contributed by atoms with van der Waals surface area (Å²) >= 11 is 0. The van der Waals surface area contributed by atoms with E-state index in [0.29, 0.717) is 18.7 Å². The van der Waals surface area contributed by atoms with E-state index in [0.717, 1.165) is 23.9 Å². The summed E-state index contributed by atoms with van der Waals surface area (Å²) in [4.78, 5) is 13.3. The van der Waals surface area contributed by atoms with E-state index in [1.807, 2.05) is 19.0 Å². The van der Waals surface area contributed by atoms with Crippen molar-refractivity contribution in [3.63, 3.8) is 0 Å². The van der Waals surface area contributed by atoms with Crippen molar-refractivity contribution >= 4 is 29.2 Å². The van der Waals surface area contributed by atoms with E-state index >= 15 is 0 Å². The number of anilines is 3. The van der Waals surface area contributed by atoms with E-state index in [2.05, 4.69) is 9.98 Å². The molecule has 0 aliphatic carbocycles. The molecule has 0 atom stereocenters. The highest BCUT2D eigenvalue weighted by Crippen LogP contribution is 2.41. The molecule has 38 heavy (non-hydrogen) atoms. The van der Waals surface area contributed by atoms with Crippen molar-refractivity contribution in [3.8, 4) is 11.1 Å². The molecule has 0 amide bonds. The molecular weight excluding hydrogens is 510 g/mol. The van der Waals surface area contributed by atoms with Crippen molar-refractivity contribution in [2.45, 2.75) is 12.4 Å². The maximum absolute atomic E-state index is 13.7. The molecule has 2 N–H and O–H groups in total. The normalized spacial score (nSPS) is 14.8. The topological polar surface area (TPSA) is 61.0 Å². The van der Waals surface area contributed by atoms with E-state index in [4.69, 9.17) is 5.73 Å². The number of nitrogen functional groups attached to an aromatic ring is 1. The first kappa shape index (κ1) is 27.1. The van der Waals surface area contributed by atoms with Crippen LogP contribution in [0.4, 0.5) is 49.2 Å². The van der Waals surface area contributed by atoms with Gasteiger partial charge in [0.2, 0.25) is 0 Å². The minimum absolute atomic E-state index is 0.0435. The molecule has 1 aliphatic rings. The molecule has 0 bridgehead atoms. The zero-order chi connectivity index (χ0) is 27.7. The number of rotatable bonds is 5. The zero-order valence-electron chi connectivity index (χ0n) is 20.7. The molecule has 3 aromatic rings. The number of hydrogen-bond acceptors (Lipinski definition) is 5. The molecular formula is C26H26F6N6. The first-order valence-corrected chi connectivity index (χ1v) is 11.7. The summed E-state index contributed by atoms with van der Waals surface area (Å²) in [5.74, 6) is -0.149. The van der Waals surface area contributed by atoms with Gasteiger partial charge in [0.1, 0.15) is 5.82 Å². The van der Waals surface area contributed by atoms with Crippen LogP contribution in [0.15, 0.2) is 59.7 Å². The number of hydrogen-bond donors (Lipinski definition) is 1. The van der Waals surface area contributed by atoms with Gasteiger partial charge in [-0.3, -0.25) is 0 Å². The molecule has 202 valence electrons. The number of piperazine rings is 1. The quantitative estimate of drug-likeness (QED) is 0.190. The Morgan fingerprint density at radius 1 is 0.921 bits per heavy atom. The highest BCUT2D eigenvalue weighted by Gasteiger charge is 2.36. The molecule has 0 unspecified atom stereocenters. The van der Waals surface area contributed by atoms with Crippen molar-refractivity contribution < 1.29 is 26.3 Å². The Morgan fingerprint density at radius 3 is 2.16 bits per heavy atom. The van der Waals surface area contributed by atoms with Crippen molar-refractivity contribution in [2.75, 3.05) is 55.8 Å². The summed E-state index contributed by atoms with van der Waals surface area (Å²) < 4.78 is 81.1. The molecule has 12 heteroatoms. The van der Waals surface area contributed by atoms with Gasteiger partial charge in [0.15, 0.2) is 0 Å². The average Bonchev–Trinajstić information content (AvgIpc) is 2.87. The number of halogens is 6. The third kappa shape index (κ3) is 5.95. The lowest BCUT2D eigenvalue weighted by atomic mass is 9.99. The van der Waals surface area contributed by atoms with Crippen molar-refractivity contribution in [1.29, 1.82) is 0 Å². The van der Waals surface area contributed by atoms with Crippen LogP contribution in [0, 0.1) is 0 Å². The largest absolute Gasteiger partial charge is 0.419 e. The summed E-state index contributed by atoms with van der Waals surface area (Å²) in [6.45, 7) is 1.06. The lowest BCUT2D eigenvalue weighted by Gasteiger charge is -2.35. The van der Waals surface area contributed by atoms with Gasteiger partial charge < -0.3 is 20.4 Å². The molecule has 0 saturated carbocycles. The van der Waals surface area contributed by atoms with E-state index < -0.39 is 23.5 Å². The number of nitrogens with two attached hydrogens (primary N) is 1. The standard InChI is InChI=1S/C26H26F6N6/c1-36(2)19-7-5-17(6-8-19)20-14-18(25(27,28)29)15-22(23(20)33)35-16-37-10-12-38(13-11-37)24-21(26(30,31)32)4-3-9-34-24/h3-9,14-16H,10-13,33H2,1-2H3. The van der Waals surface area contributed by atoms with Gasteiger partial charge in [-0.2, -0.15) is 26.3 Å². The predicted octanol–water partition coefficient (Wildman–Crippen LogP) is 5.92. The Balaban J connectivity index is 1.56. The van der Waals surface area contributed by atoms with Gasteiger partial charge in [-0.15, -0.1) is 0 Å². The second-order valence-electron chi connectivity index (χ2n) is 9.04. The average molecular weight is 537 g/mol. The van der Waals surface area contributed by atoms with Crippen LogP contribution < -0.4 is 15.5 Å². The number of alkyl halides is 6. The molecule has 0 radical (unpaired) electrons. The molecule has 0 spiro atoms. The van der Waals surface area contributed by atoms with Crippen LogP contribution in [0.3, 0.4) is 0 Å². The molecule has 2 aromatic carbocycles. The zero-order valence-corrected chi connectivity index (χ0v) is 20.7. The van der Waals surface area contributed by atoms with Crippen molar-refractivity contribution in [3.05, 3.63) is 65.9 Å². The summed E-state index contributed by atoms with van der Waals surface area (Å²) in [6, 6.07) is 11.1. The third-order valence-corrected chi connectivity index (χ3v) is 6.25. The minimum atomic E-state index is -4.61. The Kier molecular flexibility index (Phi) is 7.43. The molecule has 4 rings (SSSR count). The fourth-order valence-corrected chi connectivity index (χ4v) is 4.15. The van der Waals surface area contributed by atoms with Crippen LogP contribution in [0.25, 0.3) is 11.1 Å². The molecule has 1 aromatic heterocycles. The van der Waals surface area contributed by atoms with Gasteiger partial charge in [-0.1, -0.05) is 12.1 Å². The second kappa shape index (κ2) is 10.4. The Hall–Kier alpha value is -3.96. The van der Waals surface area contributed by atoms with Gasteiger partial charge in [0.05, 0.1) is 28.8 Å². The van der Waals surface area contributed by atoms with Crippen molar-refractivity contribution in [2.24, 2.45) is 4.99 Å². The van der Waals surface area contributed by atoms with E-state index in [-0.39, 0.29) is 35.8 Å². The van der Waals surface area contributed by atoms with Crippen LogP contribution in [-0.2, 0) is 12.4 Å². The van der Waals surface area contributed by atoms with Gasteiger partial charge in [0, 0.05) is 57.7 Å². The van der Waals surface area contributed by atoms with E-state index in [1.165, 1.54) is 23.5 Å². The molecule has 6 nitrogen and oxygen atoms in total. The fourth-order valence-electron chi connectivity index (χ4n) is 4.15. The van der Waals surface area contributed by atoms with Crippen LogP contribution in [0.2, 0.25) is 0 Å². The second-order valence-corrected chi connectivity index (χ2v) is 9.04.